The smallest absolute Gasteiger partial charge is 0.0766 e. The van der Waals surface area contributed by atoms with Crippen molar-refractivity contribution in [2.45, 2.75) is 6.04 Å². The molecule has 3 rings (SSSR count). The van der Waals surface area contributed by atoms with Gasteiger partial charge in [0.1, 0.15) is 0 Å². The summed E-state index contributed by atoms with van der Waals surface area (Å²) in [5, 5.41) is 8.36. The highest BCUT2D eigenvalue weighted by Gasteiger charge is 2.19. The molecule has 0 amide bonds. The molecule has 0 bridgehead atoms. The van der Waals surface area contributed by atoms with Crippen LogP contribution in [0, 0.1) is 0 Å². The van der Waals surface area contributed by atoms with E-state index in [0.717, 1.165) is 16.9 Å². The van der Waals surface area contributed by atoms with Crippen molar-refractivity contribution >= 4 is 11.6 Å². The summed E-state index contributed by atoms with van der Waals surface area (Å²) < 4.78 is 1.91. The van der Waals surface area contributed by atoms with Crippen molar-refractivity contribution < 1.29 is 0 Å². The Kier molecular flexibility index (Phi) is 3.99. The molecule has 2 aromatic heterocycles. The zero-order chi connectivity index (χ0) is 14.7. The summed E-state index contributed by atoms with van der Waals surface area (Å²) in [4.78, 5) is 4.04. The molecule has 1 unspecified atom stereocenters. The highest BCUT2D eigenvalue weighted by Crippen LogP contribution is 2.28. The van der Waals surface area contributed by atoms with Crippen LogP contribution in [-0.2, 0) is 0 Å². The number of hydrogen-bond donors (Lipinski definition) is 1. The molecule has 0 aliphatic carbocycles. The van der Waals surface area contributed by atoms with E-state index < -0.39 is 0 Å². The molecule has 106 valence electrons. The van der Waals surface area contributed by atoms with E-state index >= 15 is 0 Å². The van der Waals surface area contributed by atoms with Crippen molar-refractivity contribution in [1.29, 1.82) is 0 Å². The van der Waals surface area contributed by atoms with Crippen molar-refractivity contribution in [2.75, 3.05) is 7.05 Å². The molecule has 21 heavy (non-hydrogen) atoms. The van der Waals surface area contributed by atoms with Crippen LogP contribution < -0.4 is 5.32 Å². The Labute approximate surface area is 128 Å². The zero-order valence-electron chi connectivity index (χ0n) is 11.6. The molecule has 0 radical (unpaired) electrons. The first-order valence-electron chi connectivity index (χ1n) is 6.67. The van der Waals surface area contributed by atoms with Crippen molar-refractivity contribution in [3.05, 3.63) is 77.3 Å². The van der Waals surface area contributed by atoms with Gasteiger partial charge in [0.25, 0.3) is 0 Å². The van der Waals surface area contributed by atoms with Crippen LogP contribution in [0.5, 0.6) is 0 Å². The predicted molar refractivity (Wildman–Crippen MR) is 83.7 cm³/mol. The minimum atomic E-state index is -0.0526. The Morgan fingerprint density at radius 3 is 2.62 bits per heavy atom. The molecule has 1 N–H and O–H groups in total. The fraction of sp³-hybridized carbons (Fsp3) is 0.125. The number of halogens is 1. The molecule has 0 spiro atoms. The van der Waals surface area contributed by atoms with Crippen LogP contribution in [0.25, 0.3) is 5.69 Å². The van der Waals surface area contributed by atoms with Gasteiger partial charge in [0, 0.05) is 18.6 Å². The van der Waals surface area contributed by atoms with Crippen molar-refractivity contribution in [2.24, 2.45) is 0 Å². The van der Waals surface area contributed by atoms with Crippen molar-refractivity contribution in [3.63, 3.8) is 0 Å². The summed E-state index contributed by atoms with van der Waals surface area (Å²) in [7, 11) is 1.91. The van der Waals surface area contributed by atoms with Crippen LogP contribution >= 0.6 is 11.6 Å². The fourth-order valence-corrected chi connectivity index (χ4v) is 2.63. The number of nitrogens with zero attached hydrogens (tertiary/aromatic N) is 3. The van der Waals surface area contributed by atoms with E-state index in [2.05, 4.69) is 15.4 Å². The summed E-state index contributed by atoms with van der Waals surface area (Å²) in [6.07, 6.45) is 5.20. The Balaban J connectivity index is 2.08. The fourth-order valence-electron chi connectivity index (χ4n) is 2.40. The summed E-state index contributed by atoms with van der Waals surface area (Å²) in [5.74, 6) is 0. The second kappa shape index (κ2) is 6.08. The minimum absolute atomic E-state index is 0.0526. The number of nitrogens with one attached hydrogen (secondary N) is 1. The van der Waals surface area contributed by atoms with Crippen molar-refractivity contribution in [1.82, 2.24) is 20.1 Å². The molecule has 0 aliphatic rings. The molecule has 0 saturated carbocycles. The standard InChI is InChI=1S/C16H15ClN4/c1-18-16(13-7-9-19-11-14(13)17)15-8-10-20-21(15)12-5-3-2-4-6-12/h2-11,16,18H,1H3. The van der Waals surface area contributed by atoms with E-state index in [9.17, 15) is 0 Å². The third-order valence-corrected chi connectivity index (χ3v) is 3.69. The van der Waals surface area contributed by atoms with Gasteiger partial charge in [0.2, 0.25) is 0 Å². The monoisotopic (exact) mass is 298 g/mol. The lowest BCUT2D eigenvalue weighted by Gasteiger charge is -2.19. The summed E-state index contributed by atoms with van der Waals surface area (Å²) in [6, 6.07) is 13.9. The van der Waals surface area contributed by atoms with Crippen LogP contribution in [-0.4, -0.2) is 21.8 Å². The van der Waals surface area contributed by atoms with Gasteiger partial charge in [-0.1, -0.05) is 29.8 Å². The average molecular weight is 299 g/mol. The van der Waals surface area contributed by atoms with Crippen LogP contribution in [0.3, 0.4) is 0 Å². The number of hydrogen-bond acceptors (Lipinski definition) is 3. The highest BCUT2D eigenvalue weighted by molar-refractivity contribution is 6.31. The van der Waals surface area contributed by atoms with Gasteiger partial charge < -0.3 is 5.32 Å². The van der Waals surface area contributed by atoms with Gasteiger partial charge in [-0.15, -0.1) is 0 Å². The molecule has 0 saturated heterocycles. The normalized spacial score (nSPS) is 12.3. The Bertz CT molecular complexity index is 724. The summed E-state index contributed by atoms with van der Waals surface area (Å²) >= 11 is 6.28. The zero-order valence-corrected chi connectivity index (χ0v) is 12.3. The predicted octanol–water partition coefficient (Wildman–Crippen LogP) is 3.23. The van der Waals surface area contributed by atoms with E-state index in [1.54, 1.807) is 18.6 Å². The third kappa shape index (κ3) is 2.68. The van der Waals surface area contributed by atoms with Gasteiger partial charge in [0.15, 0.2) is 0 Å². The second-order valence-electron chi connectivity index (χ2n) is 4.62. The summed E-state index contributed by atoms with van der Waals surface area (Å²) in [5.41, 5.74) is 3.02. The summed E-state index contributed by atoms with van der Waals surface area (Å²) in [6.45, 7) is 0. The lowest BCUT2D eigenvalue weighted by Crippen LogP contribution is -2.21. The second-order valence-corrected chi connectivity index (χ2v) is 5.03. The van der Waals surface area contributed by atoms with Gasteiger partial charge in [-0.05, 0) is 36.9 Å². The molecule has 2 heterocycles. The van der Waals surface area contributed by atoms with Crippen LogP contribution in [0.1, 0.15) is 17.3 Å². The SMILES string of the molecule is CNC(c1ccncc1Cl)c1ccnn1-c1ccccc1. The van der Waals surface area contributed by atoms with Crippen LogP contribution in [0.2, 0.25) is 5.02 Å². The number of pyridine rings is 1. The minimum Gasteiger partial charge on any atom is -0.308 e. The molecule has 4 nitrogen and oxygen atoms in total. The number of para-hydroxylation sites is 1. The van der Waals surface area contributed by atoms with Gasteiger partial charge in [0.05, 0.1) is 22.4 Å². The Morgan fingerprint density at radius 2 is 1.90 bits per heavy atom. The van der Waals surface area contributed by atoms with Gasteiger partial charge in [-0.25, -0.2) is 4.68 Å². The van der Waals surface area contributed by atoms with Crippen LogP contribution in [0.15, 0.2) is 61.1 Å². The molecule has 5 heteroatoms. The Hall–Kier alpha value is -2.17. The highest BCUT2D eigenvalue weighted by atomic mass is 35.5. The number of rotatable bonds is 4. The first-order valence-corrected chi connectivity index (χ1v) is 7.05. The van der Waals surface area contributed by atoms with E-state index in [1.807, 2.05) is 54.2 Å². The first kappa shape index (κ1) is 13.8. The molecule has 1 atom stereocenters. The third-order valence-electron chi connectivity index (χ3n) is 3.37. The average Bonchev–Trinajstić information content (AvgIpc) is 3.00. The molecular formula is C16H15ClN4. The molecule has 3 aromatic rings. The lowest BCUT2D eigenvalue weighted by atomic mass is 10.1. The maximum absolute atomic E-state index is 6.28. The number of aromatic nitrogens is 3. The van der Waals surface area contributed by atoms with E-state index in [0.29, 0.717) is 5.02 Å². The number of benzene rings is 1. The first-order chi connectivity index (χ1) is 10.3. The maximum Gasteiger partial charge on any atom is 0.0766 e. The van der Waals surface area contributed by atoms with E-state index in [4.69, 9.17) is 11.6 Å². The molecule has 1 aromatic carbocycles. The molecular weight excluding hydrogens is 284 g/mol. The Morgan fingerprint density at radius 1 is 1.10 bits per heavy atom. The van der Waals surface area contributed by atoms with Gasteiger partial charge >= 0.3 is 0 Å². The van der Waals surface area contributed by atoms with Crippen LogP contribution in [0.4, 0.5) is 0 Å². The quantitative estimate of drug-likeness (QED) is 0.804. The van der Waals surface area contributed by atoms with E-state index in [1.165, 1.54) is 0 Å². The largest absolute Gasteiger partial charge is 0.308 e. The molecule has 0 fully saturated rings. The maximum atomic E-state index is 6.28. The van der Waals surface area contributed by atoms with Gasteiger partial charge in [-0.3, -0.25) is 4.98 Å². The topological polar surface area (TPSA) is 42.7 Å². The van der Waals surface area contributed by atoms with E-state index in [-0.39, 0.29) is 6.04 Å². The van der Waals surface area contributed by atoms with Gasteiger partial charge in [-0.2, -0.15) is 5.10 Å². The lowest BCUT2D eigenvalue weighted by molar-refractivity contribution is 0.637. The van der Waals surface area contributed by atoms with Crippen molar-refractivity contribution in [3.8, 4) is 5.69 Å². The molecule has 0 aliphatic heterocycles.